The molecular formula is C22H18N2O4S. The number of methoxy groups -OCH3 is 1. The number of nitrogens with one attached hydrogen (secondary N) is 1. The Morgan fingerprint density at radius 3 is 2.24 bits per heavy atom. The fourth-order valence-corrected chi connectivity index (χ4v) is 3.52. The summed E-state index contributed by atoms with van der Waals surface area (Å²) in [7, 11) is -2.67. The molecule has 0 heterocycles. The van der Waals surface area contributed by atoms with Crippen LogP contribution in [0.2, 0.25) is 0 Å². The third-order valence-corrected chi connectivity index (χ3v) is 5.20. The van der Waals surface area contributed by atoms with Gasteiger partial charge in [0.05, 0.1) is 12.8 Å². The average Bonchev–Trinajstić information content (AvgIpc) is 2.74. The molecule has 7 heteroatoms. The largest absolute Gasteiger partial charge is 0.496 e. The van der Waals surface area contributed by atoms with E-state index in [2.05, 4.69) is 4.72 Å². The van der Waals surface area contributed by atoms with Crippen LogP contribution in [-0.4, -0.2) is 15.5 Å². The molecule has 0 atom stereocenters. The van der Waals surface area contributed by atoms with Gasteiger partial charge in [-0.15, -0.1) is 0 Å². The van der Waals surface area contributed by atoms with Crippen molar-refractivity contribution < 1.29 is 17.9 Å². The summed E-state index contributed by atoms with van der Waals surface area (Å²) in [6.07, 6.45) is 1.27. The first-order valence-electron chi connectivity index (χ1n) is 8.63. The highest BCUT2D eigenvalue weighted by Gasteiger charge is 2.20. The van der Waals surface area contributed by atoms with E-state index in [1.807, 2.05) is 18.2 Å². The molecule has 0 aliphatic heterocycles. The molecule has 0 bridgehead atoms. The predicted molar refractivity (Wildman–Crippen MR) is 112 cm³/mol. The Kier molecular flexibility index (Phi) is 6.17. The Hall–Kier alpha value is -3.76. The Bertz CT molecular complexity index is 1170. The number of anilines is 1. The maximum Gasteiger partial charge on any atom is 0.272 e. The van der Waals surface area contributed by atoms with E-state index in [0.29, 0.717) is 22.8 Å². The highest BCUT2D eigenvalue weighted by Crippen LogP contribution is 2.31. The number of nitrogens with zero attached hydrogens (tertiary/aromatic N) is 1. The Balaban J connectivity index is 1.93. The second kappa shape index (κ2) is 8.95. The van der Waals surface area contributed by atoms with Crippen molar-refractivity contribution in [1.29, 1.82) is 5.26 Å². The van der Waals surface area contributed by atoms with Crippen LogP contribution in [-0.2, 0) is 10.0 Å². The highest BCUT2D eigenvalue weighted by molar-refractivity contribution is 7.97. The standard InChI is InChI=1S/C22H18N2O4S/c1-27-21-13-7-5-9-17(21)15-19(16-23)29(25,26)24-20-12-6-8-14-22(20)28-18-10-3-2-4-11-18/h2-15,24H,1H3/b19-15-. The molecule has 146 valence electrons. The van der Waals surface area contributed by atoms with Crippen LogP contribution in [0.4, 0.5) is 5.69 Å². The Morgan fingerprint density at radius 1 is 0.931 bits per heavy atom. The maximum absolute atomic E-state index is 12.8. The molecule has 3 aromatic carbocycles. The number of benzene rings is 3. The minimum Gasteiger partial charge on any atom is -0.496 e. The van der Waals surface area contributed by atoms with Gasteiger partial charge in [-0.3, -0.25) is 4.72 Å². The summed E-state index contributed by atoms with van der Waals surface area (Å²) in [6, 6.07) is 24.2. The van der Waals surface area contributed by atoms with Gasteiger partial charge in [-0.25, -0.2) is 8.42 Å². The summed E-state index contributed by atoms with van der Waals surface area (Å²) in [4.78, 5) is -0.448. The van der Waals surface area contributed by atoms with E-state index < -0.39 is 14.9 Å². The number of para-hydroxylation sites is 4. The summed E-state index contributed by atoms with van der Waals surface area (Å²) in [5.74, 6) is 1.34. The van der Waals surface area contributed by atoms with Crippen LogP contribution in [0.3, 0.4) is 0 Å². The van der Waals surface area contributed by atoms with E-state index >= 15 is 0 Å². The number of allylic oxidation sites excluding steroid dienone is 1. The zero-order chi connectivity index (χ0) is 20.7. The number of sulfonamides is 1. The minimum atomic E-state index is -4.15. The monoisotopic (exact) mass is 406 g/mol. The van der Waals surface area contributed by atoms with Crippen molar-refractivity contribution in [1.82, 2.24) is 0 Å². The van der Waals surface area contributed by atoms with Crippen LogP contribution >= 0.6 is 0 Å². The quantitative estimate of drug-likeness (QED) is 0.570. The molecule has 3 aromatic rings. The van der Waals surface area contributed by atoms with Crippen molar-refractivity contribution in [2.45, 2.75) is 0 Å². The molecule has 6 nitrogen and oxygen atoms in total. The lowest BCUT2D eigenvalue weighted by Crippen LogP contribution is -2.14. The number of hydrogen-bond acceptors (Lipinski definition) is 5. The van der Waals surface area contributed by atoms with Gasteiger partial charge in [-0.2, -0.15) is 5.26 Å². The van der Waals surface area contributed by atoms with Gasteiger partial charge < -0.3 is 9.47 Å². The second-order valence-electron chi connectivity index (χ2n) is 5.88. The van der Waals surface area contributed by atoms with Crippen LogP contribution in [0, 0.1) is 11.3 Å². The number of hydrogen-bond donors (Lipinski definition) is 1. The molecule has 0 fully saturated rings. The second-order valence-corrected chi connectivity index (χ2v) is 7.53. The van der Waals surface area contributed by atoms with Crippen molar-refractivity contribution >= 4 is 21.8 Å². The molecule has 0 aliphatic rings. The zero-order valence-electron chi connectivity index (χ0n) is 15.6. The number of ether oxygens (including phenoxy) is 2. The SMILES string of the molecule is COc1ccccc1/C=C(/C#N)S(=O)(=O)Nc1ccccc1Oc1ccccc1. The first-order valence-corrected chi connectivity index (χ1v) is 10.1. The fourth-order valence-electron chi connectivity index (χ4n) is 2.55. The van der Waals surface area contributed by atoms with Crippen LogP contribution in [0.15, 0.2) is 83.8 Å². The van der Waals surface area contributed by atoms with Gasteiger partial charge >= 0.3 is 0 Å². The van der Waals surface area contributed by atoms with Gasteiger partial charge in [0.2, 0.25) is 0 Å². The first-order chi connectivity index (χ1) is 14.0. The molecule has 1 N–H and O–H groups in total. The normalized spacial score (nSPS) is 11.4. The van der Waals surface area contributed by atoms with Crippen LogP contribution in [0.1, 0.15) is 5.56 Å². The molecule has 0 saturated carbocycles. The topological polar surface area (TPSA) is 88.4 Å². The predicted octanol–water partition coefficient (Wildman–Crippen LogP) is 4.79. The molecule has 0 saturated heterocycles. The van der Waals surface area contributed by atoms with Gasteiger partial charge in [0, 0.05) is 5.56 Å². The van der Waals surface area contributed by atoms with E-state index in [1.165, 1.54) is 13.2 Å². The van der Waals surface area contributed by atoms with Crippen molar-refractivity contribution in [3.05, 3.63) is 89.3 Å². The lowest BCUT2D eigenvalue weighted by molar-refractivity contribution is 0.414. The van der Waals surface area contributed by atoms with E-state index in [1.54, 1.807) is 66.7 Å². The molecule has 0 aromatic heterocycles. The third kappa shape index (κ3) is 4.94. The summed E-state index contributed by atoms with van der Waals surface area (Å²) in [6.45, 7) is 0. The van der Waals surface area contributed by atoms with E-state index in [9.17, 15) is 13.7 Å². The molecular weight excluding hydrogens is 388 g/mol. The van der Waals surface area contributed by atoms with Gasteiger partial charge in [-0.1, -0.05) is 48.5 Å². The Morgan fingerprint density at radius 2 is 1.55 bits per heavy atom. The molecule has 0 spiro atoms. The number of rotatable bonds is 7. The van der Waals surface area contributed by atoms with Gasteiger partial charge in [0.1, 0.15) is 17.6 Å². The fraction of sp³-hybridized carbons (Fsp3) is 0.0455. The number of nitriles is 1. The first kappa shape index (κ1) is 20.0. The highest BCUT2D eigenvalue weighted by atomic mass is 32.2. The molecule has 29 heavy (non-hydrogen) atoms. The Labute approximate surface area is 169 Å². The van der Waals surface area contributed by atoms with E-state index in [-0.39, 0.29) is 5.69 Å². The smallest absolute Gasteiger partial charge is 0.272 e. The molecule has 0 aliphatic carbocycles. The average molecular weight is 406 g/mol. The van der Waals surface area contributed by atoms with Crippen LogP contribution in [0.25, 0.3) is 6.08 Å². The zero-order valence-corrected chi connectivity index (χ0v) is 16.4. The van der Waals surface area contributed by atoms with E-state index in [4.69, 9.17) is 9.47 Å². The third-order valence-electron chi connectivity index (χ3n) is 3.93. The summed E-state index contributed by atoms with van der Waals surface area (Å²) < 4.78 is 39.1. The molecule has 0 radical (unpaired) electrons. The van der Waals surface area contributed by atoms with Gasteiger partial charge in [0.15, 0.2) is 10.7 Å². The van der Waals surface area contributed by atoms with Crippen molar-refractivity contribution in [3.8, 4) is 23.3 Å². The van der Waals surface area contributed by atoms with Crippen LogP contribution in [0.5, 0.6) is 17.2 Å². The van der Waals surface area contributed by atoms with E-state index in [0.717, 1.165) is 0 Å². The molecule has 0 amide bonds. The van der Waals surface area contributed by atoms with Gasteiger partial charge in [0.25, 0.3) is 10.0 Å². The van der Waals surface area contributed by atoms with Crippen molar-refractivity contribution in [2.24, 2.45) is 0 Å². The lowest BCUT2D eigenvalue weighted by atomic mass is 10.2. The summed E-state index contributed by atoms with van der Waals surface area (Å²) in [5, 5.41) is 9.46. The summed E-state index contributed by atoms with van der Waals surface area (Å²) >= 11 is 0. The van der Waals surface area contributed by atoms with Gasteiger partial charge in [-0.05, 0) is 36.4 Å². The van der Waals surface area contributed by atoms with Crippen molar-refractivity contribution in [3.63, 3.8) is 0 Å². The summed E-state index contributed by atoms with van der Waals surface area (Å²) in [5.41, 5.74) is 0.697. The maximum atomic E-state index is 12.8. The lowest BCUT2D eigenvalue weighted by Gasteiger charge is -2.13. The van der Waals surface area contributed by atoms with Crippen LogP contribution < -0.4 is 14.2 Å². The minimum absolute atomic E-state index is 0.220. The molecule has 0 unspecified atom stereocenters. The van der Waals surface area contributed by atoms with Crippen molar-refractivity contribution in [2.75, 3.05) is 11.8 Å². The molecule has 3 rings (SSSR count).